The van der Waals surface area contributed by atoms with Gasteiger partial charge in [-0.2, -0.15) is 18.3 Å². The van der Waals surface area contributed by atoms with Crippen molar-refractivity contribution in [3.05, 3.63) is 52.8 Å². The number of benzene rings is 1. The van der Waals surface area contributed by atoms with Crippen molar-refractivity contribution in [1.82, 2.24) is 20.8 Å². The molecule has 5 N–H and O–H groups in total. The molecule has 0 aliphatic heterocycles. The third-order valence-electron chi connectivity index (χ3n) is 4.00. The van der Waals surface area contributed by atoms with Crippen LogP contribution in [0.15, 0.2) is 30.3 Å². The Morgan fingerprint density at radius 3 is 2.45 bits per heavy atom. The maximum absolute atomic E-state index is 13.2. The monoisotopic (exact) mass is 414 g/mol. The van der Waals surface area contributed by atoms with E-state index in [-0.39, 0.29) is 17.0 Å². The summed E-state index contributed by atoms with van der Waals surface area (Å²) in [4.78, 5) is 35.0. The smallest absolute Gasteiger partial charge is 0.416 e. The summed E-state index contributed by atoms with van der Waals surface area (Å²) in [5.74, 6) is -3.28. The molecule has 1 heterocycles. The van der Waals surface area contributed by atoms with E-state index in [9.17, 15) is 32.7 Å². The summed E-state index contributed by atoms with van der Waals surface area (Å²) in [6.45, 7) is 0. The quantitative estimate of drug-likeness (QED) is 0.448. The lowest BCUT2D eigenvalue weighted by Gasteiger charge is -2.23. The van der Waals surface area contributed by atoms with Crippen LogP contribution >= 0.6 is 0 Å². The van der Waals surface area contributed by atoms with Crippen LogP contribution in [0.25, 0.3) is 0 Å². The molecule has 2 amide bonds. The Morgan fingerprint density at radius 1 is 1.21 bits per heavy atom. The zero-order chi connectivity index (χ0) is 21.8. The fourth-order valence-electron chi connectivity index (χ4n) is 2.56. The maximum Gasteiger partial charge on any atom is 0.416 e. The number of nitrogens with one attached hydrogen (secondary N) is 3. The zero-order valence-electron chi connectivity index (χ0n) is 14.9. The summed E-state index contributed by atoms with van der Waals surface area (Å²) in [5.41, 5.74) is -1.69. The van der Waals surface area contributed by atoms with Gasteiger partial charge in [-0.3, -0.25) is 14.7 Å². The lowest BCUT2D eigenvalue weighted by molar-refractivity contribution is -0.148. The number of hydrogen-bond donors (Lipinski definition) is 5. The van der Waals surface area contributed by atoms with E-state index in [0.717, 1.165) is 24.3 Å². The molecule has 29 heavy (non-hydrogen) atoms. The second-order valence-electron chi connectivity index (χ2n) is 5.97. The second kappa shape index (κ2) is 8.73. The number of carboxylic acids is 1. The van der Waals surface area contributed by atoms with Crippen LogP contribution in [0.1, 0.15) is 32.1 Å². The molecule has 156 valence electrons. The first kappa shape index (κ1) is 21.9. The molecule has 1 aromatic carbocycles. The number of aromatic nitrogens is 2. The molecule has 2 aromatic rings. The third kappa shape index (κ3) is 5.31. The molecule has 0 aliphatic rings. The SMILES string of the molecule is CNC(=O)c1cc(C(=O)N[C@H](Cc2ccccc2C(F)(F)F)[C@@H](O)C(=O)O)n[nH]1. The number of carboxylic acid groups (broad SMARTS) is 1. The minimum absolute atomic E-state index is 0.0598. The van der Waals surface area contributed by atoms with Crippen LogP contribution in [0.4, 0.5) is 13.2 Å². The predicted molar refractivity (Wildman–Crippen MR) is 92.0 cm³/mol. The highest BCUT2D eigenvalue weighted by Gasteiger charge is 2.35. The number of aliphatic hydroxyl groups is 1. The Bertz CT molecular complexity index is 912. The van der Waals surface area contributed by atoms with E-state index in [2.05, 4.69) is 20.8 Å². The Kier molecular flexibility index (Phi) is 6.59. The lowest BCUT2D eigenvalue weighted by atomic mass is 9.96. The molecular formula is C17H17F3N4O5. The first-order valence-corrected chi connectivity index (χ1v) is 8.19. The van der Waals surface area contributed by atoms with E-state index in [0.29, 0.717) is 0 Å². The summed E-state index contributed by atoms with van der Waals surface area (Å²) < 4.78 is 39.5. The Labute approximate surface area is 161 Å². The van der Waals surface area contributed by atoms with E-state index < -0.39 is 48.1 Å². The average Bonchev–Trinajstić information content (AvgIpc) is 3.16. The number of carbonyl (C=O) groups is 3. The van der Waals surface area contributed by atoms with Crippen LogP contribution in [-0.4, -0.2) is 57.4 Å². The van der Waals surface area contributed by atoms with Crippen molar-refractivity contribution in [1.29, 1.82) is 0 Å². The van der Waals surface area contributed by atoms with Gasteiger partial charge in [-0.1, -0.05) is 18.2 Å². The summed E-state index contributed by atoms with van der Waals surface area (Å²) >= 11 is 0. The number of hydrogen-bond acceptors (Lipinski definition) is 5. The predicted octanol–water partition coefficient (Wildman–Crippen LogP) is 0.575. The maximum atomic E-state index is 13.2. The number of halogens is 3. The van der Waals surface area contributed by atoms with Gasteiger partial charge in [0.1, 0.15) is 5.69 Å². The summed E-state index contributed by atoms with van der Waals surface area (Å²) in [7, 11) is 1.35. The highest BCUT2D eigenvalue weighted by molar-refractivity contribution is 5.97. The summed E-state index contributed by atoms with van der Waals surface area (Å²) in [6, 6.07) is 3.89. The molecule has 0 radical (unpaired) electrons. The Balaban J connectivity index is 2.28. The van der Waals surface area contributed by atoms with Gasteiger partial charge in [-0.05, 0) is 18.1 Å². The second-order valence-corrected chi connectivity index (χ2v) is 5.97. The van der Waals surface area contributed by atoms with E-state index in [1.165, 1.54) is 13.1 Å². The fourth-order valence-corrected chi connectivity index (χ4v) is 2.56. The van der Waals surface area contributed by atoms with Gasteiger partial charge in [0.15, 0.2) is 11.8 Å². The number of amides is 2. The van der Waals surface area contributed by atoms with Gasteiger partial charge in [0.05, 0.1) is 11.6 Å². The number of rotatable bonds is 7. The lowest BCUT2D eigenvalue weighted by Crippen LogP contribution is -2.48. The molecule has 2 rings (SSSR count). The average molecular weight is 414 g/mol. The van der Waals surface area contributed by atoms with Crippen LogP contribution in [-0.2, 0) is 17.4 Å². The van der Waals surface area contributed by atoms with Gasteiger partial charge in [0, 0.05) is 13.1 Å². The Hall–Kier alpha value is -3.41. The van der Waals surface area contributed by atoms with Crippen molar-refractivity contribution in [3.8, 4) is 0 Å². The highest BCUT2D eigenvalue weighted by Crippen LogP contribution is 2.32. The fraction of sp³-hybridized carbons (Fsp3) is 0.294. The van der Waals surface area contributed by atoms with E-state index >= 15 is 0 Å². The van der Waals surface area contributed by atoms with Crippen LogP contribution in [0.5, 0.6) is 0 Å². The van der Waals surface area contributed by atoms with Crippen molar-refractivity contribution >= 4 is 17.8 Å². The molecule has 0 saturated carbocycles. The largest absolute Gasteiger partial charge is 0.479 e. The standard InChI is InChI=1S/C17H17F3N4O5/c1-21-14(26)11-7-12(24-23-11)15(27)22-10(13(25)16(28)29)6-8-4-2-3-5-9(8)17(18,19)20/h2-5,7,10,13,25H,6H2,1H3,(H,21,26)(H,22,27)(H,23,24)(H,28,29)/t10-,13-/m1/s1. The molecule has 1 aromatic heterocycles. The number of carbonyl (C=O) groups excluding carboxylic acids is 2. The van der Waals surface area contributed by atoms with Gasteiger partial charge in [0.2, 0.25) is 0 Å². The van der Waals surface area contributed by atoms with Crippen LogP contribution in [0.2, 0.25) is 0 Å². The van der Waals surface area contributed by atoms with Crippen molar-refractivity contribution in [2.75, 3.05) is 7.05 Å². The summed E-state index contributed by atoms with van der Waals surface area (Å²) in [6.07, 6.45) is -7.50. The van der Waals surface area contributed by atoms with Crippen LogP contribution in [0.3, 0.4) is 0 Å². The molecule has 0 saturated heterocycles. The molecule has 9 nitrogen and oxygen atoms in total. The van der Waals surface area contributed by atoms with Crippen molar-refractivity contribution in [3.63, 3.8) is 0 Å². The first-order valence-electron chi connectivity index (χ1n) is 8.19. The molecule has 12 heteroatoms. The molecule has 0 fully saturated rings. The van der Waals surface area contributed by atoms with Gasteiger partial charge in [0.25, 0.3) is 11.8 Å². The Morgan fingerprint density at radius 2 is 1.86 bits per heavy atom. The summed E-state index contributed by atoms with van der Waals surface area (Å²) in [5, 5.41) is 29.3. The van der Waals surface area contributed by atoms with Crippen molar-refractivity contribution in [2.24, 2.45) is 0 Å². The molecule has 2 atom stereocenters. The normalized spacial score (nSPS) is 13.4. The molecule has 0 bridgehead atoms. The van der Waals surface area contributed by atoms with Gasteiger partial charge < -0.3 is 20.8 Å². The molecule has 0 unspecified atom stereocenters. The van der Waals surface area contributed by atoms with E-state index in [1.54, 1.807) is 0 Å². The highest BCUT2D eigenvalue weighted by atomic mass is 19.4. The molecular weight excluding hydrogens is 397 g/mol. The third-order valence-corrected chi connectivity index (χ3v) is 4.00. The van der Waals surface area contributed by atoms with Gasteiger partial charge in [-0.15, -0.1) is 0 Å². The van der Waals surface area contributed by atoms with Crippen LogP contribution < -0.4 is 10.6 Å². The number of H-pyrrole nitrogens is 1. The van der Waals surface area contributed by atoms with Crippen molar-refractivity contribution < 1.29 is 37.8 Å². The number of nitrogens with zero attached hydrogens (tertiary/aromatic N) is 1. The number of aliphatic hydroxyl groups excluding tert-OH is 1. The van der Waals surface area contributed by atoms with E-state index in [1.807, 2.05) is 0 Å². The minimum Gasteiger partial charge on any atom is -0.479 e. The van der Waals surface area contributed by atoms with Gasteiger partial charge in [-0.25, -0.2) is 4.79 Å². The minimum atomic E-state index is -4.70. The number of alkyl halides is 3. The zero-order valence-corrected chi connectivity index (χ0v) is 14.9. The molecule has 0 spiro atoms. The molecule has 0 aliphatic carbocycles. The van der Waals surface area contributed by atoms with Crippen molar-refractivity contribution in [2.45, 2.75) is 24.7 Å². The first-order chi connectivity index (χ1) is 13.5. The van der Waals surface area contributed by atoms with Crippen LogP contribution in [0, 0.1) is 0 Å². The van der Waals surface area contributed by atoms with E-state index in [4.69, 9.17) is 5.11 Å². The number of aromatic amines is 1. The number of aliphatic carboxylic acids is 1. The topological polar surface area (TPSA) is 144 Å². The van der Waals surface area contributed by atoms with Gasteiger partial charge >= 0.3 is 12.1 Å².